The fourth-order valence-corrected chi connectivity index (χ4v) is 3.01. The van der Waals surface area contributed by atoms with Crippen LogP contribution in [0.3, 0.4) is 0 Å². The van der Waals surface area contributed by atoms with Gasteiger partial charge in [0.05, 0.1) is 18.1 Å². The second-order valence-corrected chi connectivity index (χ2v) is 7.10. The van der Waals surface area contributed by atoms with Crippen LogP contribution in [0, 0.1) is 0 Å². The Balaban J connectivity index is 1.59. The van der Waals surface area contributed by atoms with Crippen molar-refractivity contribution in [2.24, 2.45) is 0 Å². The number of rotatable bonds is 7. The minimum absolute atomic E-state index is 0.234. The van der Waals surface area contributed by atoms with Crippen LogP contribution in [-0.2, 0) is 4.79 Å². The molecule has 0 radical (unpaired) electrons. The zero-order valence-corrected chi connectivity index (χ0v) is 15.8. The maximum atomic E-state index is 11.9. The molecule has 4 rings (SSSR count). The van der Waals surface area contributed by atoms with Gasteiger partial charge < -0.3 is 26.8 Å². The molecule has 1 saturated carbocycles. The summed E-state index contributed by atoms with van der Waals surface area (Å²) in [5, 5.41) is 23.0. The van der Waals surface area contributed by atoms with E-state index in [-0.39, 0.29) is 12.3 Å². The number of nitrogens with zero attached hydrogens (tertiary/aromatic N) is 3. The molecule has 0 spiro atoms. The van der Waals surface area contributed by atoms with Crippen molar-refractivity contribution >= 4 is 29.3 Å². The summed E-state index contributed by atoms with van der Waals surface area (Å²) in [7, 11) is 0. The van der Waals surface area contributed by atoms with Crippen molar-refractivity contribution in [2.45, 2.75) is 31.5 Å². The molecule has 6 N–H and O–H groups in total. The molecule has 2 aromatic heterocycles. The molecule has 150 valence electrons. The predicted octanol–water partition coefficient (Wildman–Crippen LogP) is 1.26. The third-order valence-electron chi connectivity index (χ3n) is 4.60. The highest BCUT2D eigenvalue weighted by atomic mass is 16.3. The normalized spacial score (nSPS) is 20.6. The summed E-state index contributed by atoms with van der Waals surface area (Å²) < 4.78 is 1.59. The number of aromatic nitrogens is 3. The smallest absolute Gasteiger partial charge is 0.249 e. The molecular formula is C20H23N7O2. The monoisotopic (exact) mass is 393 g/mol. The van der Waals surface area contributed by atoms with E-state index in [0.29, 0.717) is 34.5 Å². The number of nitrogens with two attached hydrogens (primary N) is 1. The molecule has 2 fully saturated rings. The molecule has 1 amide bonds. The van der Waals surface area contributed by atoms with Gasteiger partial charge in [0.1, 0.15) is 17.9 Å². The van der Waals surface area contributed by atoms with Gasteiger partial charge in [-0.05, 0) is 31.1 Å². The van der Waals surface area contributed by atoms with Gasteiger partial charge in [0.2, 0.25) is 5.91 Å². The minimum atomic E-state index is -0.862. The second kappa shape index (κ2) is 7.80. The Morgan fingerprint density at radius 3 is 2.90 bits per heavy atom. The van der Waals surface area contributed by atoms with Crippen LogP contribution in [0.1, 0.15) is 24.8 Å². The lowest BCUT2D eigenvalue weighted by molar-refractivity contribution is -0.117. The lowest BCUT2D eigenvalue weighted by Crippen LogP contribution is -2.24. The number of pyridine rings is 1. The topological polar surface area (TPSA) is 130 Å². The first-order chi connectivity index (χ1) is 14.0. The van der Waals surface area contributed by atoms with Gasteiger partial charge in [-0.3, -0.25) is 9.78 Å². The van der Waals surface area contributed by atoms with Gasteiger partial charge in [0.15, 0.2) is 0 Å². The largest absolute Gasteiger partial charge is 0.383 e. The molecule has 29 heavy (non-hydrogen) atoms. The summed E-state index contributed by atoms with van der Waals surface area (Å²) in [6, 6.07) is 4.10. The molecule has 9 heteroatoms. The van der Waals surface area contributed by atoms with E-state index in [9.17, 15) is 9.90 Å². The Kier molecular flexibility index (Phi) is 5.05. The van der Waals surface area contributed by atoms with Crippen molar-refractivity contribution in [1.82, 2.24) is 25.4 Å². The van der Waals surface area contributed by atoms with Gasteiger partial charge in [-0.15, -0.1) is 0 Å². The van der Waals surface area contributed by atoms with E-state index in [4.69, 9.17) is 5.73 Å². The van der Waals surface area contributed by atoms with Gasteiger partial charge in [0, 0.05) is 41.6 Å². The molecule has 0 aromatic carbocycles. The molecule has 1 aliphatic heterocycles. The van der Waals surface area contributed by atoms with Gasteiger partial charge >= 0.3 is 0 Å². The number of carbonyl (C=O) groups excluding carboxylic acids is 1. The maximum Gasteiger partial charge on any atom is 0.249 e. The van der Waals surface area contributed by atoms with Crippen molar-refractivity contribution < 1.29 is 9.90 Å². The summed E-state index contributed by atoms with van der Waals surface area (Å²) >= 11 is 0. The van der Waals surface area contributed by atoms with E-state index in [2.05, 4.69) is 32.6 Å². The average molecular weight is 393 g/mol. The molecule has 1 saturated heterocycles. The number of hydrogen-bond acceptors (Lipinski definition) is 7. The SMILES string of the molecule is C=C(/C=C(/NC1CC1)n1ncc(/C=C2\CC(O)NC2=O)c1N)Nc1cccnc1. The lowest BCUT2D eigenvalue weighted by Gasteiger charge is -2.14. The number of aliphatic hydroxyl groups excluding tert-OH is 1. The molecule has 1 atom stereocenters. The van der Waals surface area contributed by atoms with Gasteiger partial charge in [-0.1, -0.05) is 6.58 Å². The number of nitrogens with one attached hydrogen (secondary N) is 3. The first-order valence-electron chi connectivity index (χ1n) is 9.37. The van der Waals surface area contributed by atoms with Crippen LogP contribution in [0.25, 0.3) is 11.9 Å². The zero-order valence-electron chi connectivity index (χ0n) is 15.8. The summed E-state index contributed by atoms with van der Waals surface area (Å²) in [6.07, 6.45) is 10.0. The number of aliphatic hydroxyl groups is 1. The highest BCUT2D eigenvalue weighted by molar-refractivity contribution is 6.00. The zero-order chi connectivity index (χ0) is 20.4. The molecule has 9 nitrogen and oxygen atoms in total. The number of carbonyl (C=O) groups is 1. The molecule has 2 aliphatic rings. The Bertz CT molecular complexity index is 990. The fourth-order valence-electron chi connectivity index (χ4n) is 3.01. The van der Waals surface area contributed by atoms with E-state index in [1.165, 1.54) is 0 Å². The third kappa shape index (κ3) is 4.46. The number of anilines is 2. The first-order valence-corrected chi connectivity index (χ1v) is 9.37. The minimum Gasteiger partial charge on any atom is -0.383 e. The van der Waals surface area contributed by atoms with Crippen molar-refractivity contribution in [3.8, 4) is 0 Å². The van der Waals surface area contributed by atoms with Gasteiger partial charge in [-0.25, -0.2) is 4.68 Å². The number of amides is 1. The number of allylic oxidation sites excluding steroid dienone is 1. The standard InChI is InChI=1S/C20H23N7O2/c1-12(24-16-3-2-6-22-11-16)7-17(25-15-4-5-15)27-19(21)14(10-23-27)8-13-9-18(28)26-20(13)29/h2-3,6-8,10-11,15,18,24-25,28H,1,4-5,9,21H2,(H,26,29)/b13-8+,17-7-. The third-order valence-corrected chi connectivity index (χ3v) is 4.60. The van der Waals surface area contributed by atoms with Crippen LogP contribution in [0.4, 0.5) is 11.5 Å². The van der Waals surface area contributed by atoms with E-state index in [1.54, 1.807) is 29.3 Å². The van der Waals surface area contributed by atoms with Gasteiger partial charge in [-0.2, -0.15) is 5.10 Å². The average Bonchev–Trinajstić information content (AvgIpc) is 3.35. The Morgan fingerprint density at radius 1 is 1.41 bits per heavy atom. The van der Waals surface area contributed by atoms with Crippen LogP contribution < -0.4 is 21.7 Å². The predicted molar refractivity (Wildman–Crippen MR) is 111 cm³/mol. The molecule has 1 aliphatic carbocycles. The van der Waals surface area contributed by atoms with Crippen LogP contribution in [-0.4, -0.2) is 38.0 Å². The quantitative estimate of drug-likeness (QED) is 0.354. The van der Waals surface area contributed by atoms with Crippen LogP contribution >= 0.6 is 0 Å². The van der Waals surface area contributed by atoms with Gasteiger partial charge in [0.25, 0.3) is 0 Å². The summed E-state index contributed by atoms with van der Waals surface area (Å²) in [5.41, 5.74) is 8.85. The van der Waals surface area contributed by atoms with Crippen LogP contribution in [0.5, 0.6) is 0 Å². The molecule has 0 bridgehead atoms. The highest BCUT2D eigenvalue weighted by Gasteiger charge is 2.26. The van der Waals surface area contributed by atoms with Crippen molar-refractivity contribution in [1.29, 1.82) is 0 Å². The Labute approximate surface area is 168 Å². The van der Waals surface area contributed by atoms with Crippen molar-refractivity contribution in [3.05, 3.63) is 60.2 Å². The molecule has 1 unspecified atom stereocenters. The lowest BCUT2D eigenvalue weighted by atomic mass is 10.1. The molecule has 2 aromatic rings. The van der Waals surface area contributed by atoms with E-state index in [1.807, 2.05) is 18.2 Å². The second-order valence-electron chi connectivity index (χ2n) is 7.10. The van der Waals surface area contributed by atoms with Crippen LogP contribution in [0.2, 0.25) is 0 Å². The summed E-state index contributed by atoms with van der Waals surface area (Å²) in [4.78, 5) is 15.9. The Morgan fingerprint density at radius 2 is 2.24 bits per heavy atom. The molecular weight excluding hydrogens is 370 g/mol. The number of hydrogen-bond donors (Lipinski definition) is 5. The van der Waals surface area contributed by atoms with Crippen LogP contribution in [0.15, 0.2) is 54.6 Å². The number of nitrogen functional groups attached to an aromatic ring is 1. The highest BCUT2D eigenvalue weighted by Crippen LogP contribution is 2.26. The van der Waals surface area contributed by atoms with Crippen molar-refractivity contribution in [2.75, 3.05) is 11.1 Å². The summed E-state index contributed by atoms with van der Waals surface area (Å²) in [5.74, 6) is 0.776. The first kappa shape index (κ1) is 18.8. The Hall–Kier alpha value is -3.59. The van der Waals surface area contributed by atoms with E-state index in [0.717, 1.165) is 18.5 Å². The fraction of sp³-hybridized carbons (Fsp3) is 0.250. The molecule has 3 heterocycles. The van der Waals surface area contributed by atoms with E-state index < -0.39 is 6.23 Å². The van der Waals surface area contributed by atoms with E-state index >= 15 is 0 Å². The summed E-state index contributed by atoms with van der Waals surface area (Å²) in [6.45, 7) is 4.05. The maximum absolute atomic E-state index is 11.9. The van der Waals surface area contributed by atoms with Crippen molar-refractivity contribution in [3.63, 3.8) is 0 Å².